The predicted octanol–water partition coefficient (Wildman–Crippen LogP) is 2.14. The summed E-state index contributed by atoms with van der Waals surface area (Å²) in [6, 6.07) is 6.33. The number of hydrogen-bond acceptors (Lipinski definition) is 3. The Bertz CT molecular complexity index is 532. The molecule has 0 radical (unpaired) electrons. The third-order valence-corrected chi connectivity index (χ3v) is 4.53. The topological polar surface area (TPSA) is 61.2 Å². The van der Waals surface area contributed by atoms with Crippen molar-refractivity contribution < 1.29 is 12.8 Å². The fourth-order valence-corrected chi connectivity index (χ4v) is 3.20. The molecule has 0 aliphatic heterocycles. The van der Waals surface area contributed by atoms with Crippen molar-refractivity contribution in [3.05, 3.63) is 30.1 Å². The van der Waals surface area contributed by atoms with Crippen LogP contribution in [0.2, 0.25) is 0 Å². The average molecular weight is 270 g/mol. The fourth-order valence-electron chi connectivity index (χ4n) is 1.56. The number of sulfonamides is 1. The summed E-state index contributed by atoms with van der Waals surface area (Å²) in [5, 5.41) is 8.55. The Morgan fingerprint density at radius 2 is 1.89 bits per heavy atom. The van der Waals surface area contributed by atoms with Gasteiger partial charge in [0.15, 0.2) is 0 Å². The molecule has 0 bridgehead atoms. The van der Waals surface area contributed by atoms with Crippen molar-refractivity contribution in [2.75, 3.05) is 6.54 Å². The van der Waals surface area contributed by atoms with Crippen LogP contribution in [-0.4, -0.2) is 25.3 Å². The molecule has 1 rings (SSSR count). The molecule has 0 saturated carbocycles. The molecule has 0 heterocycles. The van der Waals surface area contributed by atoms with Crippen LogP contribution in [-0.2, 0) is 10.0 Å². The molecule has 18 heavy (non-hydrogen) atoms. The molecule has 1 aromatic carbocycles. The number of halogens is 1. The Kier molecular flexibility index (Phi) is 4.82. The second kappa shape index (κ2) is 5.94. The lowest BCUT2D eigenvalue weighted by Crippen LogP contribution is -2.37. The van der Waals surface area contributed by atoms with Gasteiger partial charge in [0, 0.05) is 19.0 Å². The zero-order valence-corrected chi connectivity index (χ0v) is 11.1. The molecule has 0 fully saturated rings. The molecule has 0 aliphatic rings. The third-order valence-electron chi connectivity index (χ3n) is 2.44. The van der Waals surface area contributed by atoms with Crippen LogP contribution in [0.1, 0.15) is 20.3 Å². The van der Waals surface area contributed by atoms with Crippen molar-refractivity contribution in [2.45, 2.75) is 31.2 Å². The Hall–Kier alpha value is -1.45. The highest BCUT2D eigenvalue weighted by atomic mass is 32.2. The Labute approximate surface area is 107 Å². The summed E-state index contributed by atoms with van der Waals surface area (Å²) in [6.07, 6.45) is 0.124. The number of nitriles is 1. The van der Waals surface area contributed by atoms with Crippen LogP contribution in [0.5, 0.6) is 0 Å². The Morgan fingerprint density at radius 1 is 1.33 bits per heavy atom. The van der Waals surface area contributed by atoms with Crippen LogP contribution in [0, 0.1) is 17.1 Å². The summed E-state index contributed by atoms with van der Waals surface area (Å²) in [4.78, 5) is 0.0375. The molecule has 0 saturated heterocycles. The van der Waals surface area contributed by atoms with Gasteiger partial charge >= 0.3 is 0 Å². The zero-order valence-electron chi connectivity index (χ0n) is 10.3. The highest BCUT2D eigenvalue weighted by Gasteiger charge is 2.26. The monoisotopic (exact) mass is 270 g/mol. The lowest BCUT2D eigenvalue weighted by Gasteiger charge is -2.24. The van der Waals surface area contributed by atoms with E-state index in [4.69, 9.17) is 5.26 Å². The first-order chi connectivity index (χ1) is 8.39. The van der Waals surface area contributed by atoms with Crippen LogP contribution in [0.4, 0.5) is 4.39 Å². The van der Waals surface area contributed by atoms with Gasteiger partial charge in [-0.05, 0) is 38.1 Å². The second-order valence-corrected chi connectivity index (χ2v) is 5.96. The standard InChI is InChI=1S/C12H15FN2O2S/c1-10(2)15(9-3-8-14)18(16,17)12-6-4-11(13)5-7-12/h4-7,10H,3,9H2,1-2H3. The Morgan fingerprint density at radius 3 is 2.33 bits per heavy atom. The molecule has 0 N–H and O–H groups in total. The quantitative estimate of drug-likeness (QED) is 0.823. The summed E-state index contributed by atoms with van der Waals surface area (Å²) in [5.74, 6) is -0.484. The van der Waals surface area contributed by atoms with E-state index in [0.29, 0.717) is 0 Å². The van der Waals surface area contributed by atoms with Gasteiger partial charge in [-0.1, -0.05) is 0 Å². The number of rotatable bonds is 5. The molecular weight excluding hydrogens is 255 g/mol. The summed E-state index contributed by atoms with van der Waals surface area (Å²) >= 11 is 0. The molecule has 4 nitrogen and oxygen atoms in total. The van der Waals surface area contributed by atoms with Crippen LogP contribution in [0.3, 0.4) is 0 Å². The maximum atomic E-state index is 12.8. The maximum absolute atomic E-state index is 12.8. The molecule has 0 aromatic heterocycles. The fraction of sp³-hybridized carbons (Fsp3) is 0.417. The molecule has 98 valence electrons. The molecule has 0 aliphatic carbocycles. The van der Waals surface area contributed by atoms with Gasteiger partial charge in [-0.3, -0.25) is 0 Å². The van der Waals surface area contributed by atoms with E-state index in [0.717, 1.165) is 12.1 Å². The lowest BCUT2D eigenvalue weighted by molar-refractivity contribution is 0.360. The summed E-state index contributed by atoms with van der Waals surface area (Å²) in [6.45, 7) is 3.60. The third kappa shape index (κ3) is 3.28. The Balaban J connectivity index is 3.09. The maximum Gasteiger partial charge on any atom is 0.243 e. The SMILES string of the molecule is CC(C)N(CCC#N)S(=O)(=O)c1ccc(F)cc1. The van der Waals surface area contributed by atoms with Crippen LogP contribution in [0.25, 0.3) is 0 Å². The van der Waals surface area contributed by atoms with E-state index in [1.807, 2.05) is 6.07 Å². The number of hydrogen-bond donors (Lipinski definition) is 0. The van der Waals surface area contributed by atoms with Crippen molar-refractivity contribution in [2.24, 2.45) is 0 Å². The molecular formula is C12H15FN2O2S. The minimum absolute atomic E-state index is 0.0375. The summed E-state index contributed by atoms with van der Waals surface area (Å²) in [7, 11) is -3.67. The highest BCUT2D eigenvalue weighted by molar-refractivity contribution is 7.89. The summed E-state index contributed by atoms with van der Waals surface area (Å²) < 4.78 is 38.6. The van der Waals surface area contributed by atoms with Gasteiger partial charge in [0.1, 0.15) is 5.82 Å². The first kappa shape index (κ1) is 14.6. The van der Waals surface area contributed by atoms with Gasteiger partial charge in [-0.25, -0.2) is 12.8 Å². The van der Waals surface area contributed by atoms with E-state index in [9.17, 15) is 12.8 Å². The van der Waals surface area contributed by atoms with E-state index in [1.54, 1.807) is 13.8 Å². The van der Waals surface area contributed by atoms with Crippen molar-refractivity contribution in [3.8, 4) is 6.07 Å². The first-order valence-electron chi connectivity index (χ1n) is 5.54. The smallest absolute Gasteiger partial charge is 0.207 e. The largest absolute Gasteiger partial charge is 0.243 e. The second-order valence-electron chi connectivity index (χ2n) is 4.07. The molecule has 0 amide bonds. The minimum Gasteiger partial charge on any atom is -0.207 e. The van der Waals surface area contributed by atoms with Gasteiger partial charge in [-0.15, -0.1) is 0 Å². The predicted molar refractivity (Wildman–Crippen MR) is 65.7 cm³/mol. The summed E-state index contributed by atoms with van der Waals surface area (Å²) in [5.41, 5.74) is 0. The van der Waals surface area contributed by atoms with Crippen LogP contribution >= 0.6 is 0 Å². The van der Waals surface area contributed by atoms with Crippen molar-refractivity contribution in [1.29, 1.82) is 5.26 Å². The first-order valence-corrected chi connectivity index (χ1v) is 6.98. The molecule has 0 unspecified atom stereocenters. The molecule has 0 atom stereocenters. The van der Waals surface area contributed by atoms with Crippen LogP contribution < -0.4 is 0 Å². The normalized spacial score (nSPS) is 11.8. The molecule has 0 spiro atoms. The van der Waals surface area contributed by atoms with E-state index >= 15 is 0 Å². The zero-order chi connectivity index (χ0) is 13.8. The number of nitrogens with zero attached hydrogens (tertiary/aromatic N) is 2. The van der Waals surface area contributed by atoms with Gasteiger partial charge in [0.2, 0.25) is 10.0 Å². The van der Waals surface area contributed by atoms with E-state index < -0.39 is 15.8 Å². The van der Waals surface area contributed by atoms with E-state index in [-0.39, 0.29) is 23.9 Å². The lowest BCUT2D eigenvalue weighted by atomic mass is 10.3. The molecule has 6 heteroatoms. The average Bonchev–Trinajstić information content (AvgIpc) is 2.29. The van der Waals surface area contributed by atoms with Gasteiger partial charge in [-0.2, -0.15) is 9.57 Å². The highest BCUT2D eigenvalue weighted by Crippen LogP contribution is 2.18. The van der Waals surface area contributed by atoms with Gasteiger partial charge < -0.3 is 0 Å². The van der Waals surface area contributed by atoms with Crippen molar-refractivity contribution >= 4 is 10.0 Å². The van der Waals surface area contributed by atoms with Crippen molar-refractivity contribution in [1.82, 2.24) is 4.31 Å². The van der Waals surface area contributed by atoms with E-state index in [1.165, 1.54) is 16.4 Å². The van der Waals surface area contributed by atoms with Crippen LogP contribution in [0.15, 0.2) is 29.2 Å². The molecule has 1 aromatic rings. The van der Waals surface area contributed by atoms with Gasteiger partial charge in [0.05, 0.1) is 11.0 Å². The van der Waals surface area contributed by atoms with Gasteiger partial charge in [0.25, 0.3) is 0 Å². The minimum atomic E-state index is -3.67. The van der Waals surface area contributed by atoms with E-state index in [2.05, 4.69) is 0 Å². The number of benzene rings is 1. The van der Waals surface area contributed by atoms with Crippen molar-refractivity contribution in [3.63, 3.8) is 0 Å².